The van der Waals surface area contributed by atoms with E-state index in [1.807, 2.05) is 26.8 Å². The average molecular weight is 246 g/mol. The van der Waals surface area contributed by atoms with E-state index in [0.29, 0.717) is 5.56 Å². The number of hydrogen-bond acceptors (Lipinski definition) is 3. The molecule has 0 heterocycles. The number of carbonyl (C=O) groups excluding carboxylic acids is 1. The van der Waals surface area contributed by atoms with Crippen molar-refractivity contribution in [3.8, 4) is 6.07 Å². The van der Waals surface area contributed by atoms with Crippen molar-refractivity contribution in [1.82, 2.24) is 0 Å². The van der Waals surface area contributed by atoms with Crippen molar-refractivity contribution in [2.24, 2.45) is 0 Å². The number of nitriles is 1. The van der Waals surface area contributed by atoms with E-state index in [1.54, 1.807) is 31.3 Å². The Balaban J connectivity index is 2.66. The molecule has 0 radical (unpaired) electrons. The van der Waals surface area contributed by atoms with Crippen LogP contribution in [-0.2, 0) is 9.53 Å². The van der Waals surface area contributed by atoms with Gasteiger partial charge in [0.15, 0.2) is 0 Å². The maximum absolute atomic E-state index is 11.9. The number of carbonyl (C=O) groups is 1. The fourth-order valence-electron chi connectivity index (χ4n) is 1.28. The van der Waals surface area contributed by atoms with Crippen LogP contribution in [0.25, 0.3) is 0 Å². The Morgan fingerprint density at radius 3 is 2.33 bits per heavy atom. The summed E-state index contributed by atoms with van der Waals surface area (Å²) < 4.78 is 5.44. The second kappa shape index (κ2) is 5.65. The fraction of sp³-hybridized carbons (Fsp3) is 0.429. The molecule has 4 nitrogen and oxygen atoms in total. The fourth-order valence-corrected chi connectivity index (χ4v) is 1.28. The van der Waals surface area contributed by atoms with Crippen molar-refractivity contribution in [1.29, 1.82) is 5.26 Å². The Morgan fingerprint density at radius 1 is 1.33 bits per heavy atom. The Labute approximate surface area is 108 Å². The van der Waals surface area contributed by atoms with Crippen LogP contribution in [0.1, 0.15) is 26.3 Å². The van der Waals surface area contributed by atoms with Gasteiger partial charge in [-0.05, 0) is 45.0 Å². The highest BCUT2D eigenvalue weighted by Gasteiger charge is 2.16. The lowest BCUT2D eigenvalue weighted by molar-refractivity contribution is -0.127. The van der Waals surface area contributed by atoms with Gasteiger partial charge in [-0.3, -0.25) is 4.79 Å². The number of nitrogens with zero attached hydrogens (tertiary/aromatic N) is 2. The first-order valence-corrected chi connectivity index (χ1v) is 5.74. The second-order valence-electron chi connectivity index (χ2n) is 5.01. The number of rotatable bonds is 3. The van der Waals surface area contributed by atoms with Crippen molar-refractivity contribution in [2.45, 2.75) is 26.4 Å². The minimum Gasteiger partial charge on any atom is -0.366 e. The molecule has 0 aliphatic carbocycles. The van der Waals surface area contributed by atoms with Gasteiger partial charge in [0.05, 0.1) is 17.2 Å². The van der Waals surface area contributed by atoms with Gasteiger partial charge >= 0.3 is 0 Å². The summed E-state index contributed by atoms with van der Waals surface area (Å²) >= 11 is 0. The first kappa shape index (κ1) is 14.2. The zero-order valence-electron chi connectivity index (χ0n) is 11.2. The molecule has 1 rings (SSSR count). The molecular weight excluding hydrogens is 228 g/mol. The minimum atomic E-state index is -0.332. The molecule has 1 amide bonds. The minimum absolute atomic E-state index is 0.0417. The van der Waals surface area contributed by atoms with Crippen LogP contribution in [0.3, 0.4) is 0 Å². The zero-order chi connectivity index (χ0) is 13.8. The van der Waals surface area contributed by atoms with Crippen molar-refractivity contribution >= 4 is 11.6 Å². The number of anilines is 1. The van der Waals surface area contributed by atoms with Crippen LogP contribution < -0.4 is 4.90 Å². The molecule has 0 fully saturated rings. The quantitative estimate of drug-likeness (QED) is 0.822. The highest BCUT2D eigenvalue weighted by atomic mass is 16.5. The smallest absolute Gasteiger partial charge is 0.252 e. The molecule has 0 bridgehead atoms. The summed E-state index contributed by atoms with van der Waals surface area (Å²) in [5.74, 6) is -0.116. The van der Waals surface area contributed by atoms with Crippen molar-refractivity contribution in [3.05, 3.63) is 29.8 Å². The average Bonchev–Trinajstić information content (AvgIpc) is 2.34. The Morgan fingerprint density at radius 2 is 1.89 bits per heavy atom. The first-order chi connectivity index (χ1) is 8.33. The maximum Gasteiger partial charge on any atom is 0.252 e. The molecule has 1 aromatic carbocycles. The van der Waals surface area contributed by atoms with E-state index in [9.17, 15) is 4.79 Å². The van der Waals surface area contributed by atoms with Gasteiger partial charge in [0.1, 0.15) is 6.61 Å². The van der Waals surface area contributed by atoms with Gasteiger partial charge in [0.2, 0.25) is 0 Å². The lowest BCUT2D eigenvalue weighted by atomic mass is 10.2. The third-order valence-corrected chi connectivity index (χ3v) is 2.39. The predicted molar refractivity (Wildman–Crippen MR) is 70.3 cm³/mol. The highest BCUT2D eigenvalue weighted by Crippen LogP contribution is 2.14. The molecule has 0 unspecified atom stereocenters. The van der Waals surface area contributed by atoms with E-state index in [1.165, 1.54) is 4.90 Å². The van der Waals surface area contributed by atoms with Crippen LogP contribution in [0.15, 0.2) is 24.3 Å². The SMILES string of the molecule is CN(C(=O)COC(C)(C)C)c1ccc(C#N)cc1. The standard InChI is InChI=1S/C14H18N2O2/c1-14(2,3)18-10-13(17)16(4)12-7-5-11(9-15)6-8-12/h5-8H,10H2,1-4H3. The lowest BCUT2D eigenvalue weighted by Crippen LogP contribution is -2.33. The molecular formula is C14H18N2O2. The molecule has 0 aliphatic rings. The highest BCUT2D eigenvalue weighted by molar-refractivity contribution is 5.93. The number of benzene rings is 1. The monoisotopic (exact) mass is 246 g/mol. The molecule has 0 N–H and O–H groups in total. The van der Waals surface area contributed by atoms with E-state index in [4.69, 9.17) is 10.00 Å². The van der Waals surface area contributed by atoms with Gasteiger partial charge < -0.3 is 9.64 Å². The van der Waals surface area contributed by atoms with Gasteiger partial charge in [0, 0.05) is 12.7 Å². The number of amides is 1. The van der Waals surface area contributed by atoms with E-state index in [0.717, 1.165) is 5.69 Å². The molecule has 18 heavy (non-hydrogen) atoms. The summed E-state index contributed by atoms with van der Waals surface area (Å²) in [5.41, 5.74) is 0.989. The topological polar surface area (TPSA) is 53.3 Å². The Hall–Kier alpha value is -1.86. The first-order valence-electron chi connectivity index (χ1n) is 5.74. The third kappa shape index (κ3) is 4.19. The molecule has 0 atom stereocenters. The molecule has 1 aromatic rings. The predicted octanol–water partition coefficient (Wildman–Crippen LogP) is 2.34. The second-order valence-corrected chi connectivity index (χ2v) is 5.01. The largest absolute Gasteiger partial charge is 0.366 e. The van der Waals surface area contributed by atoms with E-state index in [-0.39, 0.29) is 18.1 Å². The number of ether oxygens (including phenoxy) is 1. The van der Waals surface area contributed by atoms with Crippen LogP contribution >= 0.6 is 0 Å². The molecule has 96 valence electrons. The molecule has 0 aliphatic heterocycles. The summed E-state index contributed by atoms with van der Waals surface area (Å²) in [6.45, 7) is 5.76. The van der Waals surface area contributed by atoms with Gasteiger partial charge in [-0.2, -0.15) is 5.26 Å². The van der Waals surface area contributed by atoms with Gasteiger partial charge in [0.25, 0.3) is 5.91 Å². The maximum atomic E-state index is 11.9. The van der Waals surface area contributed by atoms with Crippen molar-refractivity contribution < 1.29 is 9.53 Å². The van der Waals surface area contributed by atoms with Crippen LogP contribution in [0.5, 0.6) is 0 Å². The summed E-state index contributed by atoms with van der Waals surface area (Å²) in [7, 11) is 1.69. The summed E-state index contributed by atoms with van der Waals surface area (Å²) in [6, 6.07) is 8.89. The van der Waals surface area contributed by atoms with Gasteiger partial charge in [-0.15, -0.1) is 0 Å². The van der Waals surface area contributed by atoms with Gasteiger partial charge in [-0.1, -0.05) is 0 Å². The summed E-state index contributed by atoms with van der Waals surface area (Å²) in [6.07, 6.45) is 0. The van der Waals surface area contributed by atoms with Crippen molar-refractivity contribution in [3.63, 3.8) is 0 Å². The van der Waals surface area contributed by atoms with Crippen LogP contribution in [0.2, 0.25) is 0 Å². The van der Waals surface area contributed by atoms with E-state index < -0.39 is 0 Å². The molecule has 0 saturated heterocycles. The molecule has 0 spiro atoms. The van der Waals surface area contributed by atoms with E-state index >= 15 is 0 Å². The molecule has 4 heteroatoms. The Bertz CT molecular complexity index is 452. The molecule has 0 aromatic heterocycles. The summed E-state index contributed by atoms with van der Waals surface area (Å²) in [4.78, 5) is 13.4. The van der Waals surface area contributed by atoms with Crippen LogP contribution in [-0.4, -0.2) is 25.2 Å². The number of likely N-dealkylation sites (N-methyl/N-ethyl adjacent to an activating group) is 1. The van der Waals surface area contributed by atoms with E-state index in [2.05, 4.69) is 0 Å². The van der Waals surface area contributed by atoms with Gasteiger partial charge in [-0.25, -0.2) is 0 Å². The Kier molecular flexibility index (Phi) is 4.46. The molecule has 0 saturated carbocycles. The van der Waals surface area contributed by atoms with Crippen LogP contribution in [0, 0.1) is 11.3 Å². The van der Waals surface area contributed by atoms with Crippen molar-refractivity contribution in [2.75, 3.05) is 18.6 Å². The summed E-state index contributed by atoms with van der Waals surface area (Å²) in [5, 5.41) is 8.70. The number of hydrogen-bond donors (Lipinski definition) is 0. The van der Waals surface area contributed by atoms with Crippen LogP contribution in [0.4, 0.5) is 5.69 Å². The lowest BCUT2D eigenvalue weighted by Gasteiger charge is -2.22. The zero-order valence-corrected chi connectivity index (χ0v) is 11.2. The third-order valence-electron chi connectivity index (χ3n) is 2.39. The normalized spacial score (nSPS) is 10.8.